The number of carbonyl (C=O) groups excluding carboxylic acids is 1. The van der Waals surface area contributed by atoms with Gasteiger partial charge in [0.1, 0.15) is 6.10 Å². The number of rotatable bonds is 9. The predicted molar refractivity (Wildman–Crippen MR) is 122 cm³/mol. The molecule has 1 heterocycles. The Balaban J connectivity index is 1.44. The van der Waals surface area contributed by atoms with Crippen molar-refractivity contribution in [2.24, 2.45) is 4.99 Å². The van der Waals surface area contributed by atoms with Crippen LogP contribution in [0.1, 0.15) is 35.7 Å². The van der Waals surface area contributed by atoms with Gasteiger partial charge in [0.15, 0.2) is 17.5 Å². The maximum atomic E-state index is 13.7. The minimum absolute atomic E-state index is 0.107. The second-order valence-electron chi connectivity index (χ2n) is 7.71. The van der Waals surface area contributed by atoms with Crippen molar-refractivity contribution in [1.82, 2.24) is 16.0 Å². The minimum atomic E-state index is -0.387. The first-order chi connectivity index (χ1) is 15.5. The van der Waals surface area contributed by atoms with Gasteiger partial charge in [-0.3, -0.25) is 9.79 Å². The number of hydrogen-bond acceptors (Lipinski definition) is 4. The summed E-state index contributed by atoms with van der Waals surface area (Å²) in [7, 11) is 1.67. The van der Waals surface area contributed by atoms with E-state index in [-0.39, 0.29) is 29.7 Å². The van der Waals surface area contributed by atoms with Gasteiger partial charge in [0.2, 0.25) is 0 Å². The molecule has 0 radical (unpaired) electrons. The van der Waals surface area contributed by atoms with Crippen molar-refractivity contribution in [1.29, 1.82) is 0 Å². The van der Waals surface area contributed by atoms with Crippen molar-refractivity contribution in [2.45, 2.75) is 38.5 Å². The van der Waals surface area contributed by atoms with E-state index >= 15 is 0 Å². The van der Waals surface area contributed by atoms with Crippen LogP contribution in [-0.4, -0.2) is 50.8 Å². The van der Waals surface area contributed by atoms with Crippen LogP contribution in [0.4, 0.5) is 4.39 Å². The Morgan fingerprint density at radius 3 is 2.81 bits per heavy atom. The van der Waals surface area contributed by atoms with E-state index in [0.717, 1.165) is 25.0 Å². The zero-order valence-corrected chi connectivity index (χ0v) is 18.6. The number of halogens is 1. The van der Waals surface area contributed by atoms with Crippen LogP contribution >= 0.6 is 0 Å². The Labute approximate surface area is 188 Å². The number of ether oxygens (including phenoxy) is 2. The van der Waals surface area contributed by atoms with Crippen LogP contribution in [0, 0.1) is 5.82 Å². The number of guanidine groups is 1. The first-order valence-corrected chi connectivity index (χ1v) is 10.9. The molecule has 3 N–H and O–H groups in total. The molecule has 1 amide bonds. The zero-order valence-electron chi connectivity index (χ0n) is 18.6. The van der Waals surface area contributed by atoms with E-state index in [0.29, 0.717) is 31.2 Å². The predicted octanol–water partition coefficient (Wildman–Crippen LogP) is 2.87. The lowest BCUT2D eigenvalue weighted by Gasteiger charge is -2.18. The summed E-state index contributed by atoms with van der Waals surface area (Å²) in [6, 6.07) is 13.8. The van der Waals surface area contributed by atoms with Gasteiger partial charge < -0.3 is 25.4 Å². The summed E-state index contributed by atoms with van der Waals surface area (Å²) in [4.78, 5) is 16.6. The molecule has 1 saturated heterocycles. The number of para-hydroxylation sites is 1. The Bertz CT molecular complexity index is 916. The maximum absolute atomic E-state index is 13.7. The lowest BCUT2D eigenvalue weighted by atomic mass is 10.1. The number of nitrogens with one attached hydrogen (secondary N) is 3. The molecular weight excluding hydrogens is 411 g/mol. The van der Waals surface area contributed by atoms with Gasteiger partial charge in [-0.2, -0.15) is 0 Å². The SMILES string of the molecule is CN=C(NCc1cccc(C(=O)NCC2CCCO2)c1)NCC(C)Oc1ccccc1F. The quantitative estimate of drug-likeness (QED) is 0.411. The number of carbonyl (C=O) groups is 1. The molecule has 2 atom stereocenters. The van der Waals surface area contributed by atoms with E-state index in [9.17, 15) is 9.18 Å². The summed E-state index contributed by atoms with van der Waals surface area (Å²) < 4.78 is 24.9. The average Bonchev–Trinajstić information content (AvgIpc) is 3.33. The van der Waals surface area contributed by atoms with E-state index in [1.54, 1.807) is 31.3 Å². The van der Waals surface area contributed by atoms with Gasteiger partial charge in [0, 0.05) is 32.3 Å². The van der Waals surface area contributed by atoms with Crippen molar-refractivity contribution in [3.8, 4) is 5.75 Å². The molecule has 0 saturated carbocycles. The smallest absolute Gasteiger partial charge is 0.251 e. The molecule has 0 bridgehead atoms. The molecule has 0 spiro atoms. The molecule has 1 fully saturated rings. The van der Waals surface area contributed by atoms with E-state index in [2.05, 4.69) is 20.9 Å². The molecule has 7 nitrogen and oxygen atoms in total. The maximum Gasteiger partial charge on any atom is 0.251 e. The standard InChI is InChI=1S/C24H31FN4O3/c1-17(32-22-11-4-3-10-21(22)25)14-28-24(26-2)29-15-18-7-5-8-19(13-18)23(30)27-16-20-9-6-12-31-20/h3-5,7-8,10-11,13,17,20H,6,9,12,14-16H2,1-2H3,(H,27,30)(H2,26,28,29). The monoisotopic (exact) mass is 442 g/mol. The van der Waals surface area contributed by atoms with Gasteiger partial charge >= 0.3 is 0 Å². The Hall–Kier alpha value is -3.13. The Morgan fingerprint density at radius 1 is 1.22 bits per heavy atom. The van der Waals surface area contributed by atoms with Crippen LogP contribution < -0.4 is 20.7 Å². The number of nitrogens with zero attached hydrogens (tertiary/aromatic N) is 1. The summed E-state index contributed by atoms with van der Waals surface area (Å²) in [5.41, 5.74) is 1.56. The molecule has 1 aliphatic rings. The van der Waals surface area contributed by atoms with Gasteiger partial charge in [0.25, 0.3) is 5.91 Å². The highest BCUT2D eigenvalue weighted by atomic mass is 19.1. The Kier molecular flexibility index (Phi) is 8.86. The van der Waals surface area contributed by atoms with Crippen molar-refractivity contribution >= 4 is 11.9 Å². The molecule has 8 heteroatoms. The fourth-order valence-electron chi connectivity index (χ4n) is 3.38. The highest BCUT2D eigenvalue weighted by molar-refractivity contribution is 5.94. The highest BCUT2D eigenvalue weighted by Crippen LogP contribution is 2.16. The van der Waals surface area contributed by atoms with Crippen molar-refractivity contribution in [3.05, 3.63) is 65.5 Å². The van der Waals surface area contributed by atoms with Crippen LogP contribution in [0.2, 0.25) is 0 Å². The first kappa shape index (κ1) is 23.5. The molecule has 2 aromatic rings. The third-order valence-electron chi connectivity index (χ3n) is 5.11. The third-order valence-corrected chi connectivity index (χ3v) is 5.11. The number of benzene rings is 2. The van der Waals surface area contributed by atoms with Gasteiger partial charge in [-0.15, -0.1) is 0 Å². The van der Waals surface area contributed by atoms with Crippen molar-refractivity contribution < 1.29 is 18.7 Å². The third kappa shape index (κ3) is 7.23. The van der Waals surface area contributed by atoms with Crippen LogP contribution in [0.15, 0.2) is 53.5 Å². The summed E-state index contributed by atoms with van der Waals surface area (Å²) >= 11 is 0. The molecule has 0 aliphatic carbocycles. The van der Waals surface area contributed by atoms with Crippen LogP contribution in [0.3, 0.4) is 0 Å². The fraction of sp³-hybridized carbons (Fsp3) is 0.417. The normalized spacial score (nSPS) is 17.0. The lowest BCUT2D eigenvalue weighted by molar-refractivity contribution is 0.0857. The summed E-state index contributed by atoms with van der Waals surface area (Å²) in [6.07, 6.45) is 1.88. The topological polar surface area (TPSA) is 84.0 Å². The first-order valence-electron chi connectivity index (χ1n) is 10.9. The second kappa shape index (κ2) is 12.0. The summed E-state index contributed by atoms with van der Waals surface area (Å²) in [5, 5.41) is 9.32. The van der Waals surface area contributed by atoms with Crippen LogP contribution in [-0.2, 0) is 11.3 Å². The van der Waals surface area contributed by atoms with Gasteiger partial charge in [0.05, 0.1) is 12.6 Å². The molecular formula is C24H31FN4O3. The number of hydrogen-bond donors (Lipinski definition) is 3. The zero-order chi connectivity index (χ0) is 22.8. The van der Waals surface area contributed by atoms with E-state index < -0.39 is 0 Å². The summed E-state index contributed by atoms with van der Waals surface area (Å²) in [5.74, 6) is 0.312. The molecule has 1 aliphatic heterocycles. The van der Waals surface area contributed by atoms with Gasteiger partial charge in [-0.1, -0.05) is 24.3 Å². The van der Waals surface area contributed by atoms with Gasteiger partial charge in [-0.05, 0) is 49.6 Å². The highest BCUT2D eigenvalue weighted by Gasteiger charge is 2.17. The van der Waals surface area contributed by atoms with Gasteiger partial charge in [-0.25, -0.2) is 4.39 Å². The lowest BCUT2D eigenvalue weighted by Crippen LogP contribution is -2.41. The van der Waals surface area contributed by atoms with E-state index in [4.69, 9.17) is 9.47 Å². The summed E-state index contributed by atoms with van der Waals surface area (Å²) in [6.45, 7) is 4.09. The Morgan fingerprint density at radius 2 is 2.06 bits per heavy atom. The van der Waals surface area contributed by atoms with E-state index in [1.165, 1.54) is 6.07 Å². The molecule has 2 unspecified atom stereocenters. The van der Waals surface area contributed by atoms with Crippen LogP contribution in [0.5, 0.6) is 5.75 Å². The van der Waals surface area contributed by atoms with Crippen molar-refractivity contribution in [3.63, 3.8) is 0 Å². The second-order valence-corrected chi connectivity index (χ2v) is 7.71. The fourth-order valence-corrected chi connectivity index (χ4v) is 3.38. The minimum Gasteiger partial charge on any atom is -0.486 e. The van der Waals surface area contributed by atoms with Crippen LogP contribution in [0.25, 0.3) is 0 Å². The average molecular weight is 443 g/mol. The number of aliphatic imine (C=N–C) groups is 1. The van der Waals surface area contributed by atoms with Crippen molar-refractivity contribution in [2.75, 3.05) is 26.7 Å². The molecule has 32 heavy (non-hydrogen) atoms. The molecule has 2 aromatic carbocycles. The largest absolute Gasteiger partial charge is 0.486 e. The molecule has 3 rings (SSSR count). The molecule has 0 aromatic heterocycles. The number of amides is 1. The molecule has 172 valence electrons. The van der Waals surface area contributed by atoms with E-state index in [1.807, 2.05) is 25.1 Å².